The second-order valence-electron chi connectivity index (χ2n) is 3.36. The van der Waals surface area contributed by atoms with Crippen LogP contribution in [-0.2, 0) is 0 Å². The Morgan fingerprint density at radius 3 is 2.93 bits per heavy atom. The van der Waals surface area contributed by atoms with Crippen LogP contribution in [0, 0.1) is 0 Å². The van der Waals surface area contributed by atoms with Crippen molar-refractivity contribution >= 4 is 31.9 Å². The summed E-state index contributed by atoms with van der Waals surface area (Å²) in [6.45, 7) is 0.658. The summed E-state index contributed by atoms with van der Waals surface area (Å²) in [5.41, 5.74) is 7.03. The van der Waals surface area contributed by atoms with E-state index in [0.29, 0.717) is 6.61 Å². The van der Waals surface area contributed by atoms with E-state index in [4.69, 9.17) is 15.2 Å². The molecule has 1 unspecified atom stereocenters. The number of methoxy groups -OCH3 is 1. The molecule has 0 aliphatic carbocycles. The zero-order valence-corrected chi connectivity index (χ0v) is 11.4. The predicted molar refractivity (Wildman–Crippen MR) is 65.4 cm³/mol. The highest BCUT2D eigenvalue weighted by Gasteiger charge is 2.25. The van der Waals surface area contributed by atoms with Gasteiger partial charge < -0.3 is 15.2 Å². The smallest absolute Gasteiger partial charge is 0.139 e. The molecule has 0 aromatic heterocycles. The molecule has 1 aromatic rings. The second kappa shape index (κ2) is 4.31. The van der Waals surface area contributed by atoms with Crippen molar-refractivity contribution in [3.8, 4) is 11.5 Å². The van der Waals surface area contributed by atoms with E-state index in [1.165, 1.54) is 0 Å². The average molecular weight is 337 g/mol. The minimum absolute atomic E-state index is 0.00507. The highest BCUT2D eigenvalue weighted by molar-refractivity contribution is 9.11. The fourth-order valence-electron chi connectivity index (χ4n) is 1.66. The van der Waals surface area contributed by atoms with Gasteiger partial charge in [-0.15, -0.1) is 0 Å². The van der Waals surface area contributed by atoms with E-state index >= 15 is 0 Å². The molecule has 15 heavy (non-hydrogen) atoms. The molecule has 0 spiro atoms. The number of halogens is 2. The highest BCUT2D eigenvalue weighted by Crippen LogP contribution is 2.45. The lowest BCUT2D eigenvalue weighted by atomic mass is 10.0. The molecule has 1 atom stereocenters. The van der Waals surface area contributed by atoms with Gasteiger partial charge in [-0.3, -0.25) is 0 Å². The van der Waals surface area contributed by atoms with Crippen LogP contribution in [0.4, 0.5) is 0 Å². The molecule has 0 radical (unpaired) electrons. The standard InChI is InChI=1S/C10H11Br2NO2/c1-14-7-4-5(11)10-8(9(7)12)6(13)2-3-15-10/h4,6H,2-3,13H2,1H3. The molecule has 1 aliphatic heterocycles. The first-order chi connectivity index (χ1) is 7.15. The lowest BCUT2D eigenvalue weighted by Crippen LogP contribution is -2.21. The number of nitrogens with two attached hydrogens (primary N) is 1. The van der Waals surface area contributed by atoms with E-state index < -0.39 is 0 Å². The molecule has 3 nitrogen and oxygen atoms in total. The number of rotatable bonds is 1. The van der Waals surface area contributed by atoms with Crippen molar-refractivity contribution in [1.82, 2.24) is 0 Å². The molecule has 0 fully saturated rings. The highest BCUT2D eigenvalue weighted by atomic mass is 79.9. The van der Waals surface area contributed by atoms with Gasteiger partial charge in [0, 0.05) is 18.0 Å². The molecule has 2 rings (SSSR count). The summed E-state index contributed by atoms with van der Waals surface area (Å²) >= 11 is 6.95. The van der Waals surface area contributed by atoms with Crippen molar-refractivity contribution in [2.75, 3.05) is 13.7 Å². The van der Waals surface area contributed by atoms with Crippen molar-refractivity contribution in [3.05, 3.63) is 20.6 Å². The molecule has 0 saturated carbocycles. The molecule has 0 saturated heterocycles. The first-order valence-corrected chi connectivity index (χ1v) is 6.18. The molecule has 1 aliphatic rings. The predicted octanol–water partition coefficient (Wildman–Crippen LogP) is 3.00. The minimum atomic E-state index is -0.00507. The summed E-state index contributed by atoms with van der Waals surface area (Å²) in [5.74, 6) is 1.59. The van der Waals surface area contributed by atoms with Crippen molar-refractivity contribution in [2.45, 2.75) is 12.5 Å². The van der Waals surface area contributed by atoms with E-state index in [-0.39, 0.29) is 6.04 Å². The Morgan fingerprint density at radius 2 is 2.27 bits per heavy atom. The molecular formula is C10H11Br2NO2. The van der Waals surface area contributed by atoms with Gasteiger partial charge in [0.2, 0.25) is 0 Å². The topological polar surface area (TPSA) is 44.5 Å². The summed E-state index contributed by atoms with van der Waals surface area (Å²) in [7, 11) is 1.63. The van der Waals surface area contributed by atoms with Crippen LogP contribution in [0.15, 0.2) is 15.0 Å². The van der Waals surface area contributed by atoms with E-state index in [0.717, 1.165) is 32.4 Å². The third-order valence-corrected chi connectivity index (χ3v) is 3.85. The largest absolute Gasteiger partial charge is 0.496 e. The Morgan fingerprint density at radius 1 is 1.53 bits per heavy atom. The van der Waals surface area contributed by atoms with Crippen LogP contribution in [0.2, 0.25) is 0 Å². The summed E-state index contributed by atoms with van der Waals surface area (Å²) in [5, 5.41) is 0. The molecular weight excluding hydrogens is 326 g/mol. The maximum absolute atomic E-state index is 6.05. The average Bonchev–Trinajstić information content (AvgIpc) is 2.23. The van der Waals surface area contributed by atoms with E-state index in [1.54, 1.807) is 7.11 Å². The Kier molecular flexibility index (Phi) is 3.23. The first-order valence-electron chi connectivity index (χ1n) is 4.59. The van der Waals surface area contributed by atoms with Crippen molar-refractivity contribution in [1.29, 1.82) is 0 Å². The fraction of sp³-hybridized carbons (Fsp3) is 0.400. The summed E-state index contributed by atoms with van der Waals surface area (Å²) in [6.07, 6.45) is 0.825. The van der Waals surface area contributed by atoms with Crippen molar-refractivity contribution < 1.29 is 9.47 Å². The number of ether oxygens (including phenoxy) is 2. The van der Waals surface area contributed by atoms with Gasteiger partial charge >= 0.3 is 0 Å². The Labute approximate surface area is 105 Å². The summed E-state index contributed by atoms with van der Waals surface area (Å²) in [4.78, 5) is 0. The van der Waals surface area contributed by atoms with Crippen LogP contribution in [0.1, 0.15) is 18.0 Å². The molecule has 2 N–H and O–H groups in total. The second-order valence-corrected chi connectivity index (χ2v) is 5.01. The quantitative estimate of drug-likeness (QED) is 0.857. The maximum Gasteiger partial charge on any atom is 0.139 e. The fourth-order valence-corrected chi connectivity index (χ4v) is 2.95. The van der Waals surface area contributed by atoms with Crippen molar-refractivity contribution in [3.63, 3.8) is 0 Å². The normalized spacial score (nSPS) is 19.3. The lowest BCUT2D eigenvalue weighted by molar-refractivity contribution is 0.265. The first kappa shape index (κ1) is 11.2. The Balaban J connectivity index is 2.64. The van der Waals surface area contributed by atoms with Crippen LogP contribution >= 0.6 is 31.9 Å². The molecule has 1 aromatic carbocycles. The van der Waals surface area contributed by atoms with Crippen LogP contribution in [0.25, 0.3) is 0 Å². The zero-order chi connectivity index (χ0) is 11.0. The third kappa shape index (κ3) is 1.88. The van der Waals surface area contributed by atoms with Crippen LogP contribution in [-0.4, -0.2) is 13.7 Å². The van der Waals surface area contributed by atoms with Gasteiger partial charge in [-0.2, -0.15) is 0 Å². The van der Waals surface area contributed by atoms with Crippen molar-refractivity contribution in [2.24, 2.45) is 5.73 Å². The van der Waals surface area contributed by atoms with Crippen LogP contribution in [0.3, 0.4) is 0 Å². The summed E-state index contributed by atoms with van der Waals surface area (Å²) in [6, 6.07) is 1.87. The van der Waals surface area contributed by atoms with Gasteiger partial charge in [0.1, 0.15) is 11.5 Å². The Hall–Kier alpha value is -0.260. The van der Waals surface area contributed by atoms with Gasteiger partial charge in [-0.1, -0.05) is 0 Å². The van der Waals surface area contributed by atoms with Crippen LogP contribution < -0.4 is 15.2 Å². The minimum Gasteiger partial charge on any atom is -0.496 e. The maximum atomic E-state index is 6.05. The van der Waals surface area contributed by atoms with E-state index in [9.17, 15) is 0 Å². The van der Waals surface area contributed by atoms with Gasteiger partial charge in [0.15, 0.2) is 0 Å². The van der Waals surface area contributed by atoms with Gasteiger partial charge in [-0.25, -0.2) is 0 Å². The summed E-state index contributed by atoms with van der Waals surface area (Å²) < 4.78 is 12.6. The lowest BCUT2D eigenvalue weighted by Gasteiger charge is -2.26. The number of benzene rings is 1. The third-order valence-electron chi connectivity index (χ3n) is 2.44. The zero-order valence-electron chi connectivity index (χ0n) is 8.22. The number of fused-ring (bicyclic) bond motifs is 1. The number of hydrogen-bond acceptors (Lipinski definition) is 3. The van der Waals surface area contributed by atoms with Gasteiger partial charge in [-0.05, 0) is 37.9 Å². The molecule has 1 heterocycles. The Bertz CT molecular complexity index is 395. The monoisotopic (exact) mass is 335 g/mol. The SMILES string of the molecule is COc1cc(Br)c2c(c1Br)C(N)CCO2. The molecule has 0 amide bonds. The van der Waals surface area contributed by atoms with Crippen LogP contribution in [0.5, 0.6) is 11.5 Å². The number of hydrogen-bond donors (Lipinski definition) is 1. The molecule has 82 valence electrons. The van der Waals surface area contributed by atoms with E-state index in [1.807, 2.05) is 6.07 Å². The van der Waals surface area contributed by atoms with Gasteiger partial charge in [0.25, 0.3) is 0 Å². The molecule has 5 heteroatoms. The van der Waals surface area contributed by atoms with Gasteiger partial charge in [0.05, 0.1) is 22.7 Å². The molecule has 0 bridgehead atoms. The van der Waals surface area contributed by atoms with E-state index in [2.05, 4.69) is 31.9 Å².